The van der Waals surface area contributed by atoms with Crippen LogP contribution in [0.25, 0.3) is 0 Å². The molecule has 1 rings (SSSR count). The molecule has 96 valence electrons. The molecule has 0 radical (unpaired) electrons. The quantitative estimate of drug-likeness (QED) is 0.895. The lowest BCUT2D eigenvalue weighted by Gasteiger charge is -2.21. The highest BCUT2D eigenvalue weighted by Gasteiger charge is 2.25. The monoisotopic (exact) mass is 280 g/mol. The maximum absolute atomic E-state index is 12.9. The molecule has 0 aliphatic carbocycles. The smallest absolute Gasteiger partial charge is 0.231 e. The molecule has 6 heteroatoms. The predicted octanol–water partition coefficient (Wildman–Crippen LogP) is 2.82. The van der Waals surface area contributed by atoms with Gasteiger partial charge in [0.25, 0.3) is 0 Å². The first kappa shape index (κ1) is 16.2. The zero-order valence-corrected chi connectivity index (χ0v) is 11.2. The third-order valence-electron chi connectivity index (χ3n) is 2.30. The Bertz CT molecular complexity index is 410. The number of carbonyl (C=O) groups is 1. The van der Waals surface area contributed by atoms with Gasteiger partial charge in [-0.2, -0.15) is 0 Å². The SMILES string of the molecule is CC(C)(CN)C(=O)Nc1ccc(F)c(Cl)c1.Cl. The van der Waals surface area contributed by atoms with Gasteiger partial charge in [-0.25, -0.2) is 4.39 Å². The summed E-state index contributed by atoms with van der Waals surface area (Å²) in [5.74, 6) is -0.740. The molecule has 0 heterocycles. The van der Waals surface area contributed by atoms with E-state index in [0.717, 1.165) is 0 Å². The summed E-state index contributed by atoms with van der Waals surface area (Å²) in [7, 11) is 0. The molecule has 1 amide bonds. The van der Waals surface area contributed by atoms with E-state index in [1.54, 1.807) is 13.8 Å². The summed E-state index contributed by atoms with van der Waals surface area (Å²) in [6.07, 6.45) is 0. The summed E-state index contributed by atoms with van der Waals surface area (Å²) < 4.78 is 12.9. The molecular formula is C11H15Cl2FN2O. The van der Waals surface area contributed by atoms with Crippen LogP contribution in [0.4, 0.5) is 10.1 Å². The van der Waals surface area contributed by atoms with Crippen molar-refractivity contribution in [2.45, 2.75) is 13.8 Å². The first-order chi connectivity index (χ1) is 7.36. The molecule has 0 aromatic heterocycles. The van der Waals surface area contributed by atoms with Crippen molar-refractivity contribution in [3.63, 3.8) is 0 Å². The van der Waals surface area contributed by atoms with Gasteiger partial charge in [0.2, 0.25) is 5.91 Å². The van der Waals surface area contributed by atoms with Gasteiger partial charge in [-0.1, -0.05) is 11.6 Å². The number of benzene rings is 1. The maximum Gasteiger partial charge on any atom is 0.231 e. The van der Waals surface area contributed by atoms with Gasteiger partial charge >= 0.3 is 0 Å². The van der Waals surface area contributed by atoms with Crippen molar-refractivity contribution >= 4 is 35.6 Å². The van der Waals surface area contributed by atoms with Crippen LogP contribution in [0.5, 0.6) is 0 Å². The number of hydrogen-bond donors (Lipinski definition) is 2. The molecule has 0 saturated carbocycles. The summed E-state index contributed by atoms with van der Waals surface area (Å²) >= 11 is 5.59. The number of hydrogen-bond acceptors (Lipinski definition) is 2. The highest BCUT2D eigenvalue weighted by molar-refractivity contribution is 6.31. The number of nitrogens with one attached hydrogen (secondary N) is 1. The predicted molar refractivity (Wildman–Crippen MR) is 70.1 cm³/mol. The van der Waals surface area contributed by atoms with Crippen molar-refractivity contribution in [2.75, 3.05) is 11.9 Å². The molecule has 0 unspecified atom stereocenters. The minimum absolute atomic E-state index is 0. The Balaban J connectivity index is 0.00000256. The van der Waals surface area contributed by atoms with Crippen molar-refractivity contribution in [1.82, 2.24) is 0 Å². The number of carbonyl (C=O) groups excluding carboxylic acids is 1. The van der Waals surface area contributed by atoms with E-state index in [1.807, 2.05) is 0 Å². The van der Waals surface area contributed by atoms with Crippen LogP contribution in [0.1, 0.15) is 13.8 Å². The first-order valence-corrected chi connectivity index (χ1v) is 5.21. The van der Waals surface area contributed by atoms with Crippen LogP contribution in [0.15, 0.2) is 18.2 Å². The van der Waals surface area contributed by atoms with Crippen LogP contribution < -0.4 is 11.1 Å². The topological polar surface area (TPSA) is 55.1 Å². The van der Waals surface area contributed by atoms with Crippen LogP contribution >= 0.6 is 24.0 Å². The lowest BCUT2D eigenvalue weighted by Crippen LogP contribution is -2.37. The lowest BCUT2D eigenvalue weighted by atomic mass is 9.92. The molecule has 0 aliphatic rings. The summed E-state index contributed by atoms with van der Waals surface area (Å²) in [5, 5.41) is 2.61. The van der Waals surface area contributed by atoms with Crippen molar-refractivity contribution < 1.29 is 9.18 Å². The second kappa shape index (κ2) is 6.19. The second-order valence-electron chi connectivity index (χ2n) is 4.17. The van der Waals surface area contributed by atoms with Crippen molar-refractivity contribution in [3.05, 3.63) is 29.0 Å². The number of rotatable bonds is 3. The number of anilines is 1. The molecule has 0 fully saturated rings. The van der Waals surface area contributed by atoms with E-state index in [0.29, 0.717) is 5.69 Å². The Morgan fingerprint density at radius 3 is 2.59 bits per heavy atom. The molecule has 0 aliphatic heterocycles. The van der Waals surface area contributed by atoms with Crippen molar-refractivity contribution in [2.24, 2.45) is 11.1 Å². The fourth-order valence-corrected chi connectivity index (χ4v) is 1.15. The molecule has 17 heavy (non-hydrogen) atoms. The highest BCUT2D eigenvalue weighted by Crippen LogP contribution is 2.21. The fourth-order valence-electron chi connectivity index (χ4n) is 0.967. The average Bonchev–Trinajstić information content (AvgIpc) is 2.23. The summed E-state index contributed by atoms with van der Waals surface area (Å²) in [6.45, 7) is 3.69. The number of amides is 1. The van der Waals surface area contributed by atoms with E-state index in [9.17, 15) is 9.18 Å². The zero-order valence-electron chi connectivity index (χ0n) is 9.59. The molecule has 3 nitrogen and oxygen atoms in total. The minimum Gasteiger partial charge on any atom is -0.329 e. The Morgan fingerprint density at radius 1 is 1.53 bits per heavy atom. The van der Waals surface area contributed by atoms with Crippen molar-refractivity contribution in [1.29, 1.82) is 0 Å². The lowest BCUT2D eigenvalue weighted by molar-refractivity contribution is -0.123. The van der Waals surface area contributed by atoms with Gasteiger partial charge < -0.3 is 11.1 Å². The minimum atomic E-state index is -0.666. The summed E-state index contributed by atoms with van der Waals surface area (Å²) in [6, 6.07) is 4.01. The molecular weight excluding hydrogens is 266 g/mol. The van der Waals surface area contributed by atoms with Crippen LogP contribution in [-0.4, -0.2) is 12.5 Å². The Hall–Kier alpha value is -0.840. The van der Waals surface area contributed by atoms with Gasteiger partial charge in [0.05, 0.1) is 10.4 Å². The average molecular weight is 281 g/mol. The molecule has 3 N–H and O–H groups in total. The first-order valence-electron chi connectivity index (χ1n) is 4.83. The molecule has 0 spiro atoms. The van der Waals surface area contributed by atoms with Crippen LogP contribution in [0, 0.1) is 11.2 Å². The van der Waals surface area contributed by atoms with Gasteiger partial charge in [0.1, 0.15) is 5.82 Å². The summed E-state index contributed by atoms with van der Waals surface area (Å²) in [5.41, 5.74) is 5.26. The van der Waals surface area contributed by atoms with E-state index in [-0.39, 0.29) is 29.9 Å². The normalized spacial score (nSPS) is 10.6. The molecule has 0 saturated heterocycles. The molecule has 0 atom stereocenters. The third kappa shape index (κ3) is 4.15. The van der Waals surface area contributed by atoms with E-state index < -0.39 is 11.2 Å². The Kier molecular flexibility index (Phi) is 5.88. The van der Waals surface area contributed by atoms with Crippen molar-refractivity contribution in [3.8, 4) is 0 Å². The number of halogens is 3. The Morgan fingerprint density at radius 2 is 2.12 bits per heavy atom. The third-order valence-corrected chi connectivity index (χ3v) is 2.59. The highest BCUT2D eigenvalue weighted by atomic mass is 35.5. The van der Waals surface area contributed by atoms with Gasteiger partial charge in [-0.05, 0) is 32.0 Å². The van der Waals surface area contributed by atoms with Crippen LogP contribution in [0.3, 0.4) is 0 Å². The molecule has 1 aromatic carbocycles. The molecule has 0 bridgehead atoms. The fraction of sp³-hybridized carbons (Fsp3) is 0.364. The summed E-state index contributed by atoms with van der Waals surface area (Å²) in [4.78, 5) is 11.7. The second-order valence-corrected chi connectivity index (χ2v) is 4.58. The van der Waals surface area contributed by atoms with Crippen LogP contribution in [-0.2, 0) is 4.79 Å². The maximum atomic E-state index is 12.9. The number of nitrogens with two attached hydrogens (primary N) is 1. The van der Waals surface area contributed by atoms with Crippen LogP contribution in [0.2, 0.25) is 5.02 Å². The van der Waals surface area contributed by atoms with E-state index in [4.69, 9.17) is 17.3 Å². The standard InChI is InChI=1S/C11H14ClFN2O.ClH/c1-11(2,6-14)10(16)15-7-3-4-9(13)8(12)5-7;/h3-5H,6,14H2,1-2H3,(H,15,16);1H. The van der Waals surface area contributed by atoms with E-state index >= 15 is 0 Å². The van der Waals surface area contributed by atoms with Gasteiger partial charge in [0, 0.05) is 12.2 Å². The Labute approximate surface area is 111 Å². The van der Waals surface area contributed by atoms with Gasteiger partial charge in [-0.15, -0.1) is 12.4 Å². The zero-order chi connectivity index (χ0) is 12.3. The van der Waals surface area contributed by atoms with Gasteiger partial charge in [0.15, 0.2) is 0 Å². The van der Waals surface area contributed by atoms with Gasteiger partial charge in [-0.3, -0.25) is 4.79 Å². The largest absolute Gasteiger partial charge is 0.329 e. The molecule has 1 aromatic rings. The van der Waals surface area contributed by atoms with E-state index in [1.165, 1.54) is 18.2 Å². The van der Waals surface area contributed by atoms with E-state index in [2.05, 4.69) is 5.32 Å².